The number of rotatable bonds is 4. The molecule has 3 nitrogen and oxygen atoms in total. The van der Waals surface area contributed by atoms with Crippen molar-refractivity contribution in [3.63, 3.8) is 0 Å². The number of carbonyl (C=O) groups excluding carboxylic acids is 1. The molecule has 3 rings (SSSR count). The lowest BCUT2D eigenvalue weighted by molar-refractivity contribution is 0.103. The maximum atomic E-state index is 12.7. The Morgan fingerprint density at radius 3 is 2.65 bits per heavy atom. The monoisotopic (exact) mass is 265 g/mol. The zero-order valence-electron chi connectivity index (χ0n) is 11.3. The van der Waals surface area contributed by atoms with Crippen LogP contribution in [0, 0.1) is 0 Å². The van der Waals surface area contributed by atoms with Gasteiger partial charge in [0.2, 0.25) is 0 Å². The SMILES string of the molecule is CCCc1oc2ccccc2c1C(=O)c1ccncc1. The summed E-state index contributed by atoms with van der Waals surface area (Å²) in [4.78, 5) is 16.7. The number of carbonyl (C=O) groups is 1. The number of ketones is 1. The number of benzene rings is 1. The van der Waals surface area contributed by atoms with Crippen molar-refractivity contribution in [1.29, 1.82) is 0 Å². The Kier molecular flexibility index (Phi) is 3.33. The molecule has 0 aliphatic carbocycles. The van der Waals surface area contributed by atoms with Crippen molar-refractivity contribution in [2.45, 2.75) is 19.8 Å². The summed E-state index contributed by atoms with van der Waals surface area (Å²) >= 11 is 0. The van der Waals surface area contributed by atoms with Crippen molar-refractivity contribution in [2.75, 3.05) is 0 Å². The van der Waals surface area contributed by atoms with Gasteiger partial charge in [-0.3, -0.25) is 9.78 Å². The number of hydrogen-bond acceptors (Lipinski definition) is 3. The average Bonchev–Trinajstić information content (AvgIpc) is 2.86. The van der Waals surface area contributed by atoms with E-state index < -0.39 is 0 Å². The fraction of sp³-hybridized carbons (Fsp3) is 0.176. The van der Waals surface area contributed by atoms with E-state index in [9.17, 15) is 4.79 Å². The molecule has 0 bridgehead atoms. The third-order valence-corrected chi connectivity index (χ3v) is 3.32. The summed E-state index contributed by atoms with van der Waals surface area (Å²) in [5.74, 6) is 0.774. The highest BCUT2D eigenvalue weighted by molar-refractivity contribution is 6.16. The summed E-state index contributed by atoms with van der Waals surface area (Å²) in [6.45, 7) is 2.08. The summed E-state index contributed by atoms with van der Waals surface area (Å²) in [6.07, 6.45) is 4.97. The van der Waals surface area contributed by atoms with Gasteiger partial charge in [0.25, 0.3) is 0 Å². The van der Waals surface area contributed by atoms with Crippen molar-refractivity contribution in [3.8, 4) is 0 Å². The Balaban J connectivity index is 2.18. The summed E-state index contributed by atoms with van der Waals surface area (Å²) in [7, 11) is 0. The highest BCUT2D eigenvalue weighted by atomic mass is 16.3. The van der Waals surface area contributed by atoms with E-state index in [2.05, 4.69) is 11.9 Å². The van der Waals surface area contributed by atoms with Gasteiger partial charge < -0.3 is 4.42 Å². The van der Waals surface area contributed by atoms with Gasteiger partial charge >= 0.3 is 0 Å². The lowest BCUT2D eigenvalue weighted by atomic mass is 9.99. The molecule has 3 aromatic rings. The van der Waals surface area contributed by atoms with Crippen molar-refractivity contribution in [2.24, 2.45) is 0 Å². The largest absolute Gasteiger partial charge is 0.460 e. The lowest BCUT2D eigenvalue weighted by Crippen LogP contribution is -2.03. The number of hydrogen-bond donors (Lipinski definition) is 0. The predicted molar refractivity (Wildman–Crippen MR) is 77.9 cm³/mol. The van der Waals surface area contributed by atoms with E-state index in [1.54, 1.807) is 24.5 Å². The van der Waals surface area contributed by atoms with Crippen LogP contribution >= 0.6 is 0 Å². The van der Waals surface area contributed by atoms with Crippen molar-refractivity contribution in [1.82, 2.24) is 4.98 Å². The number of pyridine rings is 1. The third kappa shape index (κ3) is 2.11. The van der Waals surface area contributed by atoms with E-state index in [-0.39, 0.29) is 5.78 Å². The number of nitrogens with zero attached hydrogens (tertiary/aromatic N) is 1. The first kappa shape index (κ1) is 12.6. The minimum Gasteiger partial charge on any atom is -0.460 e. The van der Waals surface area contributed by atoms with Gasteiger partial charge in [-0.15, -0.1) is 0 Å². The van der Waals surface area contributed by atoms with E-state index in [0.29, 0.717) is 11.1 Å². The van der Waals surface area contributed by atoms with E-state index in [1.807, 2.05) is 24.3 Å². The molecule has 0 aliphatic rings. The highest BCUT2D eigenvalue weighted by Crippen LogP contribution is 2.28. The van der Waals surface area contributed by atoms with E-state index in [4.69, 9.17) is 4.42 Å². The normalized spacial score (nSPS) is 10.8. The zero-order valence-corrected chi connectivity index (χ0v) is 11.3. The first-order valence-corrected chi connectivity index (χ1v) is 6.76. The van der Waals surface area contributed by atoms with Crippen LogP contribution in [-0.4, -0.2) is 10.8 Å². The Labute approximate surface area is 117 Å². The Morgan fingerprint density at radius 2 is 1.90 bits per heavy atom. The molecule has 0 fully saturated rings. The topological polar surface area (TPSA) is 43.1 Å². The Bertz CT molecular complexity index is 744. The molecular formula is C17H15NO2. The minimum absolute atomic E-state index is 0.000741. The van der Waals surface area contributed by atoms with Crippen LogP contribution in [-0.2, 0) is 6.42 Å². The van der Waals surface area contributed by atoms with Crippen LogP contribution in [0.1, 0.15) is 35.0 Å². The van der Waals surface area contributed by atoms with Crippen LogP contribution in [0.5, 0.6) is 0 Å². The maximum absolute atomic E-state index is 12.7. The first-order chi connectivity index (χ1) is 9.81. The molecule has 100 valence electrons. The molecular weight excluding hydrogens is 250 g/mol. The maximum Gasteiger partial charge on any atom is 0.197 e. The molecule has 1 aromatic carbocycles. The second-order valence-electron chi connectivity index (χ2n) is 4.71. The summed E-state index contributed by atoms with van der Waals surface area (Å²) in [5.41, 5.74) is 2.10. The van der Waals surface area contributed by atoms with Crippen LogP contribution in [0.25, 0.3) is 11.0 Å². The van der Waals surface area contributed by atoms with E-state index in [1.165, 1.54) is 0 Å². The van der Waals surface area contributed by atoms with Crippen LogP contribution in [0.15, 0.2) is 53.2 Å². The molecule has 0 saturated carbocycles. The highest BCUT2D eigenvalue weighted by Gasteiger charge is 2.20. The second kappa shape index (κ2) is 5.29. The molecule has 0 unspecified atom stereocenters. The second-order valence-corrected chi connectivity index (χ2v) is 4.71. The van der Waals surface area contributed by atoms with Gasteiger partial charge in [0.15, 0.2) is 5.78 Å². The van der Waals surface area contributed by atoms with Crippen molar-refractivity contribution < 1.29 is 9.21 Å². The Hall–Kier alpha value is -2.42. The molecule has 20 heavy (non-hydrogen) atoms. The van der Waals surface area contributed by atoms with Gasteiger partial charge in [0.05, 0.1) is 5.56 Å². The standard InChI is InChI=1S/C17H15NO2/c1-2-5-15-16(13-6-3-4-7-14(13)20-15)17(19)12-8-10-18-11-9-12/h3-4,6-11H,2,5H2,1H3. The molecule has 0 spiro atoms. The van der Waals surface area contributed by atoms with Gasteiger partial charge in [-0.2, -0.15) is 0 Å². The number of fused-ring (bicyclic) bond motifs is 1. The molecule has 0 saturated heterocycles. The number of aromatic nitrogens is 1. The molecule has 0 radical (unpaired) electrons. The molecule has 0 atom stereocenters. The molecule has 0 N–H and O–H groups in total. The van der Waals surface area contributed by atoms with E-state index >= 15 is 0 Å². The molecule has 2 aromatic heterocycles. The van der Waals surface area contributed by atoms with Crippen molar-refractivity contribution in [3.05, 3.63) is 65.7 Å². The zero-order chi connectivity index (χ0) is 13.9. The summed E-state index contributed by atoms with van der Waals surface area (Å²) in [5, 5.41) is 0.887. The number of aryl methyl sites for hydroxylation is 1. The van der Waals surface area contributed by atoms with Gasteiger partial charge in [-0.05, 0) is 24.6 Å². The van der Waals surface area contributed by atoms with Crippen LogP contribution < -0.4 is 0 Å². The van der Waals surface area contributed by atoms with Gasteiger partial charge in [0, 0.05) is 29.8 Å². The molecule has 0 aliphatic heterocycles. The molecule has 0 amide bonds. The average molecular weight is 265 g/mol. The minimum atomic E-state index is 0.000741. The van der Waals surface area contributed by atoms with Crippen LogP contribution in [0.3, 0.4) is 0 Å². The summed E-state index contributed by atoms with van der Waals surface area (Å²) in [6, 6.07) is 11.2. The number of furan rings is 1. The fourth-order valence-electron chi connectivity index (χ4n) is 2.40. The van der Waals surface area contributed by atoms with E-state index in [0.717, 1.165) is 29.6 Å². The molecule has 2 heterocycles. The lowest BCUT2D eigenvalue weighted by Gasteiger charge is -2.01. The quantitative estimate of drug-likeness (QED) is 0.669. The first-order valence-electron chi connectivity index (χ1n) is 6.76. The van der Waals surface area contributed by atoms with Gasteiger partial charge in [-0.25, -0.2) is 0 Å². The molecule has 3 heteroatoms. The van der Waals surface area contributed by atoms with Crippen LogP contribution in [0.2, 0.25) is 0 Å². The van der Waals surface area contributed by atoms with Gasteiger partial charge in [0.1, 0.15) is 11.3 Å². The number of para-hydroxylation sites is 1. The van der Waals surface area contributed by atoms with Gasteiger partial charge in [-0.1, -0.05) is 25.1 Å². The Morgan fingerprint density at radius 1 is 1.15 bits per heavy atom. The predicted octanol–water partition coefficient (Wildman–Crippen LogP) is 4.01. The smallest absolute Gasteiger partial charge is 0.197 e. The van der Waals surface area contributed by atoms with Crippen LogP contribution in [0.4, 0.5) is 0 Å². The fourth-order valence-corrected chi connectivity index (χ4v) is 2.40. The summed E-state index contributed by atoms with van der Waals surface area (Å²) < 4.78 is 5.85. The third-order valence-electron chi connectivity index (χ3n) is 3.32. The van der Waals surface area contributed by atoms with Crippen molar-refractivity contribution >= 4 is 16.8 Å².